The van der Waals surface area contributed by atoms with E-state index in [1.807, 2.05) is 39.8 Å². The zero-order chi connectivity index (χ0) is 25.4. The van der Waals surface area contributed by atoms with Crippen molar-refractivity contribution in [2.75, 3.05) is 26.4 Å². The van der Waals surface area contributed by atoms with Crippen molar-refractivity contribution in [1.29, 1.82) is 0 Å². The molecule has 4 aromatic rings. The lowest BCUT2D eigenvalue weighted by atomic mass is 9.94. The molecule has 1 amide bonds. The largest absolute Gasteiger partial charge is 0.493 e. The molecule has 182 valence electrons. The molecule has 0 aliphatic heterocycles. The van der Waals surface area contributed by atoms with E-state index in [-0.39, 0.29) is 11.9 Å². The van der Waals surface area contributed by atoms with Gasteiger partial charge in [-0.1, -0.05) is 11.6 Å². The predicted molar refractivity (Wildman–Crippen MR) is 137 cm³/mol. The molecule has 4 rings (SSSR count). The van der Waals surface area contributed by atoms with Crippen LogP contribution in [0.2, 0.25) is 5.02 Å². The van der Waals surface area contributed by atoms with Gasteiger partial charge >= 0.3 is 0 Å². The normalized spacial score (nSPS) is 12.1. The van der Waals surface area contributed by atoms with Crippen LogP contribution in [0.4, 0.5) is 5.82 Å². The van der Waals surface area contributed by atoms with Gasteiger partial charge in [0.15, 0.2) is 5.65 Å². The van der Waals surface area contributed by atoms with E-state index in [4.69, 9.17) is 27.2 Å². The molecular formula is C25H28ClN7O2. The third kappa shape index (κ3) is 4.27. The standard InChI is InChI=1S/C25H28ClN7O2/c1-7-35-22-18(15(4)33-24-21(14(3)31-33)23(27)29-12-30-24)9-19(26)13(2)20(22)16-8-17(11-28-10-16)25(34)32(5)6/h8-12,15H,7H2,1-6H3,(H2,27,29,30). The van der Waals surface area contributed by atoms with Crippen LogP contribution in [-0.4, -0.2) is 56.2 Å². The quantitative estimate of drug-likeness (QED) is 0.422. The number of aryl methyl sites for hydroxylation is 1. The minimum Gasteiger partial charge on any atom is -0.493 e. The Balaban J connectivity index is 1.95. The zero-order valence-corrected chi connectivity index (χ0v) is 21.4. The molecule has 3 aromatic heterocycles. The first kappa shape index (κ1) is 24.4. The molecule has 1 aromatic carbocycles. The van der Waals surface area contributed by atoms with Crippen LogP contribution in [0.15, 0.2) is 30.9 Å². The molecule has 10 heteroatoms. The van der Waals surface area contributed by atoms with Crippen LogP contribution in [0.25, 0.3) is 22.2 Å². The second-order valence-corrected chi connectivity index (χ2v) is 8.94. The van der Waals surface area contributed by atoms with Gasteiger partial charge < -0.3 is 15.4 Å². The molecule has 0 fully saturated rings. The zero-order valence-electron chi connectivity index (χ0n) is 20.6. The predicted octanol–water partition coefficient (Wildman–Crippen LogP) is 4.45. The third-order valence-corrected chi connectivity index (χ3v) is 6.38. The highest BCUT2D eigenvalue weighted by Crippen LogP contribution is 2.43. The summed E-state index contributed by atoms with van der Waals surface area (Å²) in [5, 5.41) is 6.00. The fourth-order valence-electron chi connectivity index (χ4n) is 4.22. The summed E-state index contributed by atoms with van der Waals surface area (Å²) in [5.41, 5.74) is 11.1. The van der Waals surface area contributed by atoms with Gasteiger partial charge in [0.2, 0.25) is 0 Å². The van der Waals surface area contributed by atoms with Gasteiger partial charge in [-0.15, -0.1) is 0 Å². The minimum atomic E-state index is -0.293. The highest BCUT2D eigenvalue weighted by Gasteiger charge is 2.26. The molecule has 35 heavy (non-hydrogen) atoms. The summed E-state index contributed by atoms with van der Waals surface area (Å²) in [7, 11) is 3.41. The first-order chi connectivity index (χ1) is 16.6. The summed E-state index contributed by atoms with van der Waals surface area (Å²) in [4.78, 5) is 27.0. The molecule has 0 aliphatic carbocycles. The number of fused-ring (bicyclic) bond motifs is 1. The Morgan fingerprint density at radius 1 is 1.23 bits per heavy atom. The summed E-state index contributed by atoms with van der Waals surface area (Å²) < 4.78 is 8.02. The van der Waals surface area contributed by atoms with Gasteiger partial charge in [-0.05, 0) is 45.4 Å². The van der Waals surface area contributed by atoms with Crippen LogP contribution in [0, 0.1) is 13.8 Å². The van der Waals surface area contributed by atoms with Gasteiger partial charge in [0.1, 0.15) is 17.9 Å². The molecule has 0 saturated heterocycles. The molecule has 3 heterocycles. The number of carbonyl (C=O) groups excluding carboxylic acids is 1. The SMILES string of the molecule is CCOc1c(C(C)n2nc(C)c3c(N)ncnc32)cc(Cl)c(C)c1-c1cncc(C(=O)N(C)C)c1. The highest BCUT2D eigenvalue weighted by molar-refractivity contribution is 6.32. The van der Waals surface area contributed by atoms with Crippen molar-refractivity contribution in [2.45, 2.75) is 33.7 Å². The van der Waals surface area contributed by atoms with E-state index < -0.39 is 0 Å². The Morgan fingerprint density at radius 2 is 1.97 bits per heavy atom. The fraction of sp³-hybridized carbons (Fsp3) is 0.320. The molecule has 0 saturated carbocycles. The molecule has 0 aliphatic rings. The number of ether oxygens (including phenoxy) is 1. The Labute approximate surface area is 208 Å². The van der Waals surface area contributed by atoms with Crippen molar-refractivity contribution in [3.05, 3.63) is 58.3 Å². The van der Waals surface area contributed by atoms with E-state index in [2.05, 4.69) is 15.0 Å². The molecule has 1 unspecified atom stereocenters. The summed E-state index contributed by atoms with van der Waals surface area (Å²) in [6.07, 6.45) is 4.69. The lowest BCUT2D eigenvalue weighted by Gasteiger charge is -2.23. The van der Waals surface area contributed by atoms with E-state index in [1.165, 1.54) is 11.2 Å². The first-order valence-corrected chi connectivity index (χ1v) is 11.6. The van der Waals surface area contributed by atoms with E-state index in [0.29, 0.717) is 34.4 Å². The monoisotopic (exact) mass is 493 g/mol. The Hall–Kier alpha value is -3.72. The first-order valence-electron chi connectivity index (χ1n) is 11.2. The van der Waals surface area contributed by atoms with Crippen molar-refractivity contribution in [3.63, 3.8) is 0 Å². The van der Waals surface area contributed by atoms with Crippen LogP contribution in [-0.2, 0) is 0 Å². The number of hydrogen-bond acceptors (Lipinski definition) is 7. The average molecular weight is 494 g/mol. The number of benzene rings is 1. The molecule has 0 bridgehead atoms. The number of carbonyl (C=O) groups is 1. The molecule has 2 N–H and O–H groups in total. The van der Waals surface area contributed by atoms with E-state index in [1.54, 1.807) is 31.2 Å². The Kier molecular flexibility index (Phi) is 6.62. The van der Waals surface area contributed by atoms with Gasteiger partial charge in [0, 0.05) is 48.2 Å². The minimum absolute atomic E-state index is 0.138. The summed E-state index contributed by atoms with van der Waals surface area (Å²) in [6.45, 7) is 8.17. The number of pyridine rings is 1. The lowest BCUT2D eigenvalue weighted by Crippen LogP contribution is -2.21. The number of rotatable bonds is 6. The molecule has 0 spiro atoms. The fourth-order valence-corrected chi connectivity index (χ4v) is 4.44. The maximum Gasteiger partial charge on any atom is 0.254 e. The molecule has 1 atom stereocenters. The van der Waals surface area contributed by atoms with E-state index in [9.17, 15) is 4.79 Å². The van der Waals surface area contributed by atoms with Gasteiger partial charge in [-0.25, -0.2) is 14.6 Å². The number of halogens is 1. The topological polar surface area (TPSA) is 112 Å². The second kappa shape index (κ2) is 9.50. The molecular weight excluding hydrogens is 466 g/mol. The number of nitrogen functional groups attached to an aromatic ring is 1. The van der Waals surface area contributed by atoms with E-state index in [0.717, 1.165) is 33.3 Å². The summed E-state index contributed by atoms with van der Waals surface area (Å²) in [6, 6.07) is 3.41. The molecule has 0 radical (unpaired) electrons. The number of hydrogen-bond donors (Lipinski definition) is 1. The average Bonchev–Trinajstić information content (AvgIpc) is 3.18. The summed E-state index contributed by atoms with van der Waals surface area (Å²) in [5.74, 6) is 0.898. The maximum atomic E-state index is 12.6. The van der Waals surface area contributed by atoms with Crippen molar-refractivity contribution >= 4 is 34.4 Å². The van der Waals surface area contributed by atoms with Crippen molar-refractivity contribution in [3.8, 4) is 16.9 Å². The summed E-state index contributed by atoms with van der Waals surface area (Å²) >= 11 is 6.75. The van der Waals surface area contributed by atoms with Crippen LogP contribution in [0.5, 0.6) is 5.75 Å². The lowest BCUT2D eigenvalue weighted by molar-refractivity contribution is 0.0827. The number of aromatic nitrogens is 5. The Bertz CT molecular complexity index is 1430. The van der Waals surface area contributed by atoms with Crippen molar-refractivity contribution in [2.24, 2.45) is 0 Å². The van der Waals surface area contributed by atoms with Crippen LogP contribution < -0.4 is 10.5 Å². The van der Waals surface area contributed by atoms with E-state index >= 15 is 0 Å². The number of nitrogens with two attached hydrogens (primary N) is 1. The van der Waals surface area contributed by atoms with Gasteiger partial charge in [0.25, 0.3) is 5.91 Å². The highest BCUT2D eigenvalue weighted by atomic mass is 35.5. The number of anilines is 1. The van der Waals surface area contributed by atoms with Crippen molar-refractivity contribution in [1.82, 2.24) is 29.6 Å². The third-order valence-electron chi connectivity index (χ3n) is 5.98. The van der Waals surface area contributed by atoms with Gasteiger partial charge in [-0.3, -0.25) is 9.78 Å². The molecule has 9 nitrogen and oxygen atoms in total. The van der Waals surface area contributed by atoms with Crippen LogP contribution >= 0.6 is 11.6 Å². The van der Waals surface area contributed by atoms with Crippen molar-refractivity contribution < 1.29 is 9.53 Å². The number of nitrogens with zero attached hydrogens (tertiary/aromatic N) is 6. The van der Waals surface area contributed by atoms with Crippen LogP contribution in [0.1, 0.15) is 47.1 Å². The number of amides is 1. The maximum absolute atomic E-state index is 12.6. The smallest absolute Gasteiger partial charge is 0.254 e. The van der Waals surface area contributed by atoms with Gasteiger partial charge in [-0.2, -0.15) is 5.10 Å². The van der Waals surface area contributed by atoms with Crippen LogP contribution in [0.3, 0.4) is 0 Å². The Morgan fingerprint density at radius 3 is 2.66 bits per heavy atom. The second-order valence-electron chi connectivity index (χ2n) is 8.54. The van der Waals surface area contributed by atoms with Gasteiger partial charge in [0.05, 0.1) is 29.3 Å².